The zero-order valence-electron chi connectivity index (χ0n) is 11.6. The van der Waals surface area contributed by atoms with Crippen molar-refractivity contribution in [2.75, 3.05) is 5.73 Å². The topological polar surface area (TPSA) is 70.1 Å². The Morgan fingerprint density at radius 2 is 2.30 bits per heavy atom. The molecule has 0 amide bonds. The number of nitrogen functional groups attached to an aromatic ring is 1. The molecule has 108 valence electrons. The molecule has 0 aromatic carbocycles. The van der Waals surface area contributed by atoms with Crippen LogP contribution >= 0.6 is 22.9 Å². The van der Waals surface area contributed by atoms with Gasteiger partial charge in [0.25, 0.3) is 0 Å². The van der Waals surface area contributed by atoms with Crippen molar-refractivity contribution in [2.45, 2.75) is 26.9 Å². The summed E-state index contributed by atoms with van der Waals surface area (Å²) >= 11 is 7.52. The van der Waals surface area contributed by atoms with Gasteiger partial charge >= 0.3 is 5.97 Å². The smallest absolute Gasteiger partial charge is 0.348 e. The number of hydrogen-bond donors (Lipinski definition) is 1. The molecular weight excluding hydrogens is 298 g/mol. The lowest BCUT2D eigenvalue weighted by molar-refractivity contribution is 0.0469. The van der Waals surface area contributed by atoms with E-state index in [-0.39, 0.29) is 6.61 Å². The number of nitrogens with two attached hydrogens (primary N) is 1. The minimum Gasteiger partial charge on any atom is -0.455 e. The first-order chi connectivity index (χ1) is 9.43. The minimum absolute atomic E-state index is 0.0953. The van der Waals surface area contributed by atoms with Crippen molar-refractivity contribution in [2.24, 2.45) is 7.05 Å². The van der Waals surface area contributed by atoms with E-state index in [0.29, 0.717) is 21.3 Å². The molecule has 2 N–H and O–H groups in total. The van der Waals surface area contributed by atoms with Gasteiger partial charge in [-0.2, -0.15) is 5.10 Å². The van der Waals surface area contributed by atoms with Gasteiger partial charge in [0.15, 0.2) is 0 Å². The lowest BCUT2D eigenvalue weighted by Gasteiger charge is -2.04. The molecule has 2 aromatic rings. The van der Waals surface area contributed by atoms with E-state index in [1.54, 1.807) is 17.8 Å². The molecular formula is C13H16ClN3O2S. The number of rotatable bonds is 4. The zero-order valence-corrected chi connectivity index (χ0v) is 13.1. The fraction of sp³-hybridized carbons (Fsp3) is 0.385. The van der Waals surface area contributed by atoms with E-state index >= 15 is 0 Å². The van der Waals surface area contributed by atoms with Crippen LogP contribution in [0.1, 0.15) is 32.9 Å². The number of thiophene rings is 1. The second-order valence-corrected chi connectivity index (χ2v) is 6.02. The summed E-state index contributed by atoms with van der Waals surface area (Å²) in [5.41, 5.74) is 7.82. The third-order valence-corrected chi connectivity index (χ3v) is 4.48. The molecule has 20 heavy (non-hydrogen) atoms. The fourth-order valence-corrected chi connectivity index (χ4v) is 2.96. The molecule has 2 rings (SSSR count). The van der Waals surface area contributed by atoms with Crippen LogP contribution in [-0.4, -0.2) is 15.7 Å². The summed E-state index contributed by atoms with van der Waals surface area (Å²) in [6.07, 6.45) is 0.737. The number of esters is 1. The Kier molecular flexibility index (Phi) is 4.35. The van der Waals surface area contributed by atoms with E-state index < -0.39 is 5.97 Å². The molecule has 5 nitrogen and oxygen atoms in total. The number of carbonyl (C=O) groups excluding carboxylic acids is 1. The molecule has 0 bridgehead atoms. The van der Waals surface area contributed by atoms with Crippen LogP contribution in [0.25, 0.3) is 0 Å². The average molecular weight is 314 g/mol. The maximum atomic E-state index is 11.9. The summed E-state index contributed by atoms with van der Waals surface area (Å²) in [4.78, 5) is 13.3. The van der Waals surface area contributed by atoms with Crippen molar-refractivity contribution in [3.05, 3.63) is 32.2 Å². The van der Waals surface area contributed by atoms with Crippen LogP contribution in [0.3, 0.4) is 0 Å². The van der Waals surface area contributed by atoms with Crippen molar-refractivity contribution in [1.82, 2.24) is 9.78 Å². The summed E-state index contributed by atoms with van der Waals surface area (Å²) in [6, 6.07) is 1.63. The van der Waals surface area contributed by atoms with E-state index in [1.807, 2.05) is 13.8 Å². The molecule has 0 aliphatic carbocycles. The molecule has 2 heterocycles. The summed E-state index contributed by atoms with van der Waals surface area (Å²) in [6.45, 7) is 3.93. The standard InChI is InChI=1S/C13H16ClN3O2S/c1-4-9-12(14)10(17(3)16-9)6-19-13(18)11-5-8(15)7(2)20-11/h5H,4,6,15H2,1-3H3. The molecule has 0 saturated heterocycles. The van der Waals surface area contributed by atoms with Crippen molar-refractivity contribution in [1.29, 1.82) is 0 Å². The lowest BCUT2D eigenvalue weighted by Crippen LogP contribution is -2.07. The van der Waals surface area contributed by atoms with Crippen LogP contribution in [0.4, 0.5) is 5.69 Å². The van der Waals surface area contributed by atoms with Crippen molar-refractivity contribution < 1.29 is 9.53 Å². The van der Waals surface area contributed by atoms with Gasteiger partial charge < -0.3 is 10.5 Å². The molecule has 0 saturated carbocycles. The molecule has 0 fully saturated rings. The highest BCUT2D eigenvalue weighted by Gasteiger charge is 2.17. The fourth-order valence-electron chi connectivity index (χ4n) is 1.78. The van der Waals surface area contributed by atoms with Crippen LogP contribution in [0.15, 0.2) is 6.07 Å². The van der Waals surface area contributed by atoms with Crippen LogP contribution in [0, 0.1) is 6.92 Å². The highest BCUT2D eigenvalue weighted by molar-refractivity contribution is 7.14. The number of aryl methyl sites for hydroxylation is 3. The second kappa shape index (κ2) is 5.85. The van der Waals surface area contributed by atoms with E-state index in [0.717, 1.165) is 17.0 Å². The SMILES string of the molecule is CCc1nn(C)c(COC(=O)c2cc(N)c(C)s2)c1Cl. The van der Waals surface area contributed by atoms with Crippen molar-refractivity contribution in [3.63, 3.8) is 0 Å². The first-order valence-corrected chi connectivity index (χ1v) is 7.36. The van der Waals surface area contributed by atoms with E-state index in [1.165, 1.54) is 11.3 Å². The molecule has 0 radical (unpaired) electrons. The highest BCUT2D eigenvalue weighted by Crippen LogP contribution is 2.25. The number of ether oxygens (including phenoxy) is 1. The maximum absolute atomic E-state index is 11.9. The molecule has 0 aliphatic heterocycles. The number of aromatic nitrogens is 2. The van der Waals surface area contributed by atoms with E-state index in [4.69, 9.17) is 22.1 Å². The number of anilines is 1. The highest BCUT2D eigenvalue weighted by atomic mass is 35.5. The quantitative estimate of drug-likeness (QED) is 0.881. The monoisotopic (exact) mass is 313 g/mol. The van der Waals surface area contributed by atoms with Gasteiger partial charge in [-0.05, 0) is 19.4 Å². The summed E-state index contributed by atoms with van der Waals surface area (Å²) in [7, 11) is 1.78. The molecule has 7 heteroatoms. The average Bonchev–Trinajstić information content (AvgIpc) is 2.88. The number of halogens is 1. The summed E-state index contributed by atoms with van der Waals surface area (Å²) in [5.74, 6) is -0.398. The number of carbonyl (C=O) groups is 1. The van der Waals surface area contributed by atoms with Crippen molar-refractivity contribution in [3.8, 4) is 0 Å². The Morgan fingerprint density at radius 3 is 2.80 bits per heavy atom. The summed E-state index contributed by atoms with van der Waals surface area (Å²) in [5, 5.41) is 4.83. The number of hydrogen-bond acceptors (Lipinski definition) is 5. The van der Waals surface area contributed by atoms with Gasteiger partial charge in [0.2, 0.25) is 0 Å². The second-order valence-electron chi connectivity index (χ2n) is 4.38. The largest absolute Gasteiger partial charge is 0.455 e. The predicted molar refractivity (Wildman–Crippen MR) is 80.2 cm³/mol. The van der Waals surface area contributed by atoms with Crippen LogP contribution in [0.2, 0.25) is 5.02 Å². The van der Waals surface area contributed by atoms with Crippen LogP contribution < -0.4 is 5.73 Å². The first-order valence-electron chi connectivity index (χ1n) is 6.17. The molecule has 0 unspecified atom stereocenters. The van der Waals surface area contributed by atoms with Gasteiger partial charge in [-0.25, -0.2) is 4.79 Å². The Balaban J connectivity index is 2.09. The van der Waals surface area contributed by atoms with E-state index in [9.17, 15) is 4.79 Å². The maximum Gasteiger partial charge on any atom is 0.348 e. The van der Waals surface area contributed by atoms with Crippen LogP contribution in [0.5, 0.6) is 0 Å². The van der Waals surface area contributed by atoms with Crippen molar-refractivity contribution >= 4 is 34.6 Å². The normalized spacial score (nSPS) is 10.8. The van der Waals surface area contributed by atoms with Crippen LogP contribution in [-0.2, 0) is 24.8 Å². The number of nitrogens with zero attached hydrogens (tertiary/aromatic N) is 2. The predicted octanol–water partition coefficient (Wildman–Crippen LogP) is 2.95. The molecule has 0 aliphatic rings. The van der Waals surface area contributed by atoms with Gasteiger partial charge in [-0.1, -0.05) is 18.5 Å². The Hall–Kier alpha value is -1.53. The van der Waals surface area contributed by atoms with Gasteiger partial charge in [-0.15, -0.1) is 11.3 Å². The molecule has 2 aromatic heterocycles. The summed E-state index contributed by atoms with van der Waals surface area (Å²) < 4.78 is 6.91. The molecule has 0 spiro atoms. The first kappa shape index (κ1) is 14.9. The van der Waals surface area contributed by atoms with Gasteiger partial charge in [0.05, 0.1) is 16.4 Å². The lowest BCUT2D eigenvalue weighted by atomic mass is 10.3. The Morgan fingerprint density at radius 1 is 1.60 bits per heavy atom. The Bertz CT molecular complexity index is 629. The zero-order chi connectivity index (χ0) is 14.9. The Labute approximate surface area is 126 Å². The molecule has 0 atom stereocenters. The third kappa shape index (κ3) is 2.81. The van der Waals surface area contributed by atoms with E-state index in [2.05, 4.69) is 5.10 Å². The van der Waals surface area contributed by atoms with Gasteiger partial charge in [-0.3, -0.25) is 4.68 Å². The van der Waals surface area contributed by atoms with Gasteiger partial charge in [0.1, 0.15) is 11.5 Å². The minimum atomic E-state index is -0.398. The van der Waals surface area contributed by atoms with Gasteiger partial charge in [0, 0.05) is 17.6 Å². The third-order valence-electron chi connectivity index (χ3n) is 3.00.